The summed E-state index contributed by atoms with van der Waals surface area (Å²) in [6.07, 6.45) is 4.73. The van der Waals surface area contributed by atoms with Crippen LogP contribution in [-0.2, 0) is 11.2 Å². The molecule has 0 bridgehead atoms. The first-order valence-corrected chi connectivity index (χ1v) is 7.95. The van der Waals surface area contributed by atoms with E-state index in [0.29, 0.717) is 22.9 Å². The van der Waals surface area contributed by atoms with E-state index in [1.54, 1.807) is 12.3 Å². The highest BCUT2D eigenvalue weighted by molar-refractivity contribution is 6.34. The minimum absolute atomic E-state index is 0.122. The minimum Gasteiger partial charge on any atom is -0.463 e. The second-order valence-corrected chi connectivity index (χ2v) is 5.88. The Morgan fingerprint density at radius 3 is 2.79 bits per heavy atom. The summed E-state index contributed by atoms with van der Waals surface area (Å²) in [5.41, 5.74) is 7.70. The maximum atomic E-state index is 12.2. The quantitative estimate of drug-likeness (QED) is 0.872. The predicted molar refractivity (Wildman–Crippen MR) is 93.3 cm³/mol. The average Bonchev–Trinajstić information content (AvgIpc) is 3.00. The number of pyridine rings is 1. The van der Waals surface area contributed by atoms with Gasteiger partial charge in [0.25, 0.3) is 11.9 Å². The number of amides is 1. The van der Waals surface area contributed by atoms with E-state index in [1.807, 2.05) is 24.3 Å². The zero-order valence-corrected chi connectivity index (χ0v) is 13.7. The highest BCUT2D eigenvalue weighted by Gasteiger charge is 2.16. The van der Waals surface area contributed by atoms with Crippen LogP contribution in [0.2, 0.25) is 5.02 Å². The van der Waals surface area contributed by atoms with Crippen molar-refractivity contribution in [2.24, 2.45) is 10.7 Å². The molecule has 0 spiro atoms. The van der Waals surface area contributed by atoms with E-state index in [1.165, 1.54) is 6.20 Å². The third-order valence-electron chi connectivity index (χ3n) is 3.72. The number of anilines is 1. The second-order valence-electron chi connectivity index (χ2n) is 5.48. The standard InChI is InChI=1S/C17H17ClN4O2/c18-15-7-8-20-9-14(15)16(23)21-12-4-1-11(2-5-12)3-6-13-10-24-17(19)22-13/h1-2,4-5,7-9,13H,3,6,10H2,(H2,19,22)(H,21,23). The molecule has 124 valence electrons. The van der Waals surface area contributed by atoms with Crippen LogP contribution in [-0.4, -0.2) is 29.6 Å². The lowest BCUT2D eigenvalue weighted by atomic mass is 10.1. The van der Waals surface area contributed by atoms with Gasteiger partial charge in [-0.3, -0.25) is 9.78 Å². The molecule has 6 nitrogen and oxygen atoms in total. The zero-order chi connectivity index (χ0) is 16.9. The van der Waals surface area contributed by atoms with Crippen molar-refractivity contribution in [2.75, 3.05) is 11.9 Å². The van der Waals surface area contributed by atoms with Crippen molar-refractivity contribution < 1.29 is 9.53 Å². The van der Waals surface area contributed by atoms with Gasteiger partial charge in [-0.2, -0.15) is 0 Å². The van der Waals surface area contributed by atoms with Crippen LogP contribution in [0, 0.1) is 0 Å². The Hall–Kier alpha value is -2.60. The number of nitrogens with one attached hydrogen (secondary N) is 1. The van der Waals surface area contributed by atoms with Gasteiger partial charge in [0.2, 0.25) is 0 Å². The zero-order valence-electron chi connectivity index (χ0n) is 12.9. The number of nitrogens with zero attached hydrogens (tertiary/aromatic N) is 2. The van der Waals surface area contributed by atoms with E-state index >= 15 is 0 Å². The Balaban J connectivity index is 1.56. The first-order chi connectivity index (χ1) is 11.6. The van der Waals surface area contributed by atoms with Crippen LogP contribution in [0.3, 0.4) is 0 Å². The van der Waals surface area contributed by atoms with Crippen LogP contribution in [0.25, 0.3) is 0 Å². The molecular weight excluding hydrogens is 328 g/mol. The summed E-state index contributed by atoms with van der Waals surface area (Å²) in [6.45, 7) is 0.547. The summed E-state index contributed by atoms with van der Waals surface area (Å²) in [6, 6.07) is 9.65. The molecule has 3 rings (SSSR count). The van der Waals surface area contributed by atoms with E-state index in [0.717, 1.165) is 18.4 Å². The molecule has 0 saturated carbocycles. The number of carbonyl (C=O) groups is 1. The number of hydrogen-bond acceptors (Lipinski definition) is 5. The Kier molecular flexibility index (Phi) is 4.96. The van der Waals surface area contributed by atoms with Crippen molar-refractivity contribution >= 4 is 29.2 Å². The normalized spacial score (nSPS) is 16.4. The van der Waals surface area contributed by atoms with Gasteiger partial charge < -0.3 is 15.8 Å². The molecule has 1 aliphatic heterocycles. The number of benzene rings is 1. The molecule has 7 heteroatoms. The summed E-state index contributed by atoms with van der Waals surface area (Å²) in [5, 5.41) is 3.18. The summed E-state index contributed by atoms with van der Waals surface area (Å²) < 4.78 is 5.13. The fraction of sp³-hybridized carbons (Fsp3) is 0.235. The molecule has 2 aromatic rings. The monoisotopic (exact) mass is 344 g/mol. The predicted octanol–water partition coefficient (Wildman–Crippen LogP) is 2.63. The molecule has 0 saturated heterocycles. The molecule has 24 heavy (non-hydrogen) atoms. The topological polar surface area (TPSA) is 89.6 Å². The number of carbonyl (C=O) groups excluding carboxylic acids is 1. The molecule has 0 aliphatic carbocycles. The minimum atomic E-state index is -0.284. The third kappa shape index (κ3) is 4.02. The van der Waals surface area contributed by atoms with Crippen molar-refractivity contribution in [2.45, 2.75) is 18.9 Å². The van der Waals surface area contributed by atoms with Crippen LogP contribution in [0.15, 0.2) is 47.7 Å². The van der Waals surface area contributed by atoms with Gasteiger partial charge >= 0.3 is 0 Å². The van der Waals surface area contributed by atoms with E-state index in [2.05, 4.69) is 15.3 Å². The molecular formula is C17H17ClN4O2. The molecule has 1 aliphatic rings. The van der Waals surface area contributed by atoms with Crippen molar-refractivity contribution in [1.82, 2.24) is 4.98 Å². The Bertz CT molecular complexity index is 761. The van der Waals surface area contributed by atoms with E-state index in [-0.39, 0.29) is 18.0 Å². The first kappa shape index (κ1) is 16.3. The number of ether oxygens (including phenoxy) is 1. The molecule has 1 atom stereocenters. The lowest BCUT2D eigenvalue weighted by Gasteiger charge is -2.08. The highest BCUT2D eigenvalue weighted by Crippen LogP contribution is 2.18. The number of aryl methyl sites for hydroxylation is 1. The lowest BCUT2D eigenvalue weighted by Crippen LogP contribution is -2.12. The van der Waals surface area contributed by atoms with Gasteiger partial charge in [0.05, 0.1) is 16.6 Å². The van der Waals surface area contributed by atoms with Gasteiger partial charge in [0.15, 0.2) is 0 Å². The largest absolute Gasteiger partial charge is 0.463 e. The number of rotatable bonds is 5. The van der Waals surface area contributed by atoms with Gasteiger partial charge in [0.1, 0.15) is 6.61 Å². The maximum absolute atomic E-state index is 12.2. The fourth-order valence-electron chi connectivity index (χ4n) is 2.41. The van der Waals surface area contributed by atoms with E-state index < -0.39 is 0 Å². The molecule has 1 amide bonds. The van der Waals surface area contributed by atoms with Crippen molar-refractivity contribution in [3.8, 4) is 0 Å². The molecule has 1 unspecified atom stereocenters. The van der Waals surface area contributed by atoms with Crippen LogP contribution in [0.4, 0.5) is 5.69 Å². The van der Waals surface area contributed by atoms with E-state index in [9.17, 15) is 4.79 Å². The lowest BCUT2D eigenvalue weighted by molar-refractivity contribution is 0.102. The SMILES string of the molecule is NC1=NC(CCc2ccc(NC(=O)c3cnccc3Cl)cc2)CO1. The van der Waals surface area contributed by atoms with Crippen molar-refractivity contribution in [1.29, 1.82) is 0 Å². The van der Waals surface area contributed by atoms with E-state index in [4.69, 9.17) is 22.1 Å². The molecule has 1 aromatic heterocycles. The second kappa shape index (κ2) is 7.31. The smallest absolute Gasteiger partial charge is 0.282 e. The molecule has 0 fully saturated rings. The van der Waals surface area contributed by atoms with Crippen LogP contribution < -0.4 is 11.1 Å². The van der Waals surface area contributed by atoms with Gasteiger partial charge in [-0.25, -0.2) is 4.99 Å². The summed E-state index contributed by atoms with van der Waals surface area (Å²) in [7, 11) is 0. The number of aromatic nitrogens is 1. The number of halogens is 1. The van der Waals surface area contributed by atoms with Gasteiger partial charge in [-0.15, -0.1) is 0 Å². The summed E-state index contributed by atoms with van der Waals surface area (Å²) in [5.74, 6) is -0.284. The Morgan fingerprint density at radius 1 is 1.33 bits per heavy atom. The summed E-state index contributed by atoms with van der Waals surface area (Å²) in [4.78, 5) is 20.3. The van der Waals surface area contributed by atoms with Crippen LogP contribution in [0.1, 0.15) is 22.3 Å². The molecule has 1 aromatic carbocycles. The van der Waals surface area contributed by atoms with Gasteiger partial charge in [-0.1, -0.05) is 23.7 Å². The fourth-order valence-corrected chi connectivity index (χ4v) is 2.61. The molecule has 0 radical (unpaired) electrons. The third-order valence-corrected chi connectivity index (χ3v) is 4.05. The average molecular weight is 345 g/mol. The number of aliphatic imine (C=N–C) groups is 1. The maximum Gasteiger partial charge on any atom is 0.282 e. The number of nitrogens with two attached hydrogens (primary N) is 1. The Labute approximate surface area is 144 Å². The highest BCUT2D eigenvalue weighted by atomic mass is 35.5. The number of hydrogen-bond donors (Lipinski definition) is 2. The van der Waals surface area contributed by atoms with Crippen LogP contribution >= 0.6 is 11.6 Å². The Morgan fingerprint density at radius 2 is 2.12 bits per heavy atom. The molecule has 2 heterocycles. The summed E-state index contributed by atoms with van der Waals surface area (Å²) >= 11 is 5.99. The molecule has 3 N–H and O–H groups in total. The first-order valence-electron chi connectivity index (χ1n) is 7.57. The number of amidine groups is 1. The van der Waals surface area contributed by atoms with Crippen molar-refractivity contribution in [3.05, 3.63) is 58.9 Å². The van der Waals surface area contributed by atoms with Crippen LogP contribution in [0.5, 0.6) is 0 Å². The van der Waals surface area contributed by atoms with Gasteiger partial charge in [-0.05, 0) is 36.6 Å². The van der Waals surface area contributed by atoms with Gasteiger partial charge in [0, 0.05) is 18.1 Å². The van der Waals surface area contributed by atoms with Crippen molar-refractivity contribution in [3.63, 3.8) is 0 Å².